The molecule has 10 heteroatoms. The summed E-state index contributed by atoms with van der Waals surface area (Å²) in [6, 6.07) is 6.27. The van der Waals surface area contributed by atoms with Crippen molar-refractivity contribution in [1.82, 2.24) is 19.7 Å². The van der Waals surface area contributed by atoms with Crippen LogP contribution in [0.15, 0.2) is 24.4 Å². The molecule has 0 bridgehead atoms. The molecule has 2 saturated heterocycles. The van der Waals surface area contributed by atoms with Crippen LogP contribution in [0.1, 0.15) is 25.0 Å². The molecular weight excluding hydrogens is 389 g/mol. The van der Waals surface area contributed by atoms with Gasteiger partial charge in [-0.3, -0.25) is 9.88 Å². The van der Waals surface area contributed by atoms with Crippen LogP contribution in [0.5, 0.6) is 0 Å². The van der Waals surface area contributed by atoms with Gasteiger partial charge < -0.3 is 14.9 Å². The molecule has 1 aromatic rings. The number of carboxylic acids is 1. The van der Waals surface area contributed by atoms with Gasteiger partial charge in [0.25, 0.3) is 0 Å². The Kier molecular flexibility index (Phi) is 7.45. The maximum Gasteiger partial charge on any atom is 0.490 e. The van der Waals surface area contributed by atoms with Crippen molar-refractivity contribution in [3.8, 4) is 0 Å². The lowest BCUT2D eigenvalue weighted by Gasteiger charge is -2.39. The summed E-state index contributed by atoms with van der Waals surface area (Å²) in [6.07, 6.45) is 0.320. The minimum Gasteiger partial charge on any atom is -0.475 e. The Labute approximate surface area is 168 Å². The molecule has 2 amide bonds. The molecule has 29 heavy (non-hydrogen) atoms. The quantitative estimate of drug-likeness (QED) is 0.802. The highest BCUT2D eigenvalue weighted by molar-refractivity contribution is 5.74. The zero-order valence-corrected chi connectivity index (χ0v) is 16.7. The topological polar surface area (TPSA) is 77.0 Å². The molecular formula is C19H27F3N4O3. The molecule has 2 aliphatic rings. The van der Waals surface area contributed by atoms with Crippen molar-refractivity contribution in [3.63, 3.8) is 0 Å². The van der Waals surface area contributed by atoms with Crippen LogP contribution >= 0.6 is 0 Å². The van der Waals surface area contributed by atoms with Gasteiger partial charge in [0, 0.05) is 39.9 Å². The Morgan fingerprint density at radius 3 is 2.24 bits per heavy atom. The molecule has 1 spiro atoms. The van der Waals surface area contributed by atoms with Crippen molar-refractivity contribution >= 4 is 12.0 Å². The Morgan fingerprint density at radius 2 is 1.76 bits per heavy atom. The lowest BCUT2D eigenvalue weighted by atomic mass is 9.78. The number of hydrogen-bond donors (Lipinski definition) is 1. The van der Waals surface area contributed by atoms with Crippen LogP contribution in [0, 0.1) is 5.41 Å². The summed E-state index contributed by atoms with van der Waals surface area (Å²) in [4.78, 5) is 31.6. The number of amides is 2. The van der Waals surface area contributed by atoms with E-state index in [2.05, 4.69) is 22.0 Å². The molecule has 0 unspecified atom stereocenters. The fourth-order valence-electron chi connectivity index (χ4n) is 3.70. The Hall–Kier alpha value is -2.36. The van der Waals surface area contributed by atoms with E-state index in [4.69, 9.17) is 9.90 Å². The van der Waals surface area contributed by atoms with E-state index in [0.29, 0.717) is 5.41 Å². The second kappa shape index (κ2) is 9.43. The summed E-state index contributed by atoms with van der Waals surface area (Å²) in [5.41, 5.74) is 1.50. The minimum absolute atomic E-state index is 0.160. The summed E-state index contributed by atoms with van der Waals surface area (Å²) >= 11 is 0. The van der Waals surface area contributed by atoms with Crippen LogP contribution in [0.2, 0.25) is 0 Å². The van der Waals surface area contributed by atoms with Gasteiger partial charge in [-0.2, -0.15) is 13.2 Å². The summed E-state index contributed by atoms with van der Waals surface area (Å²) in [5, 5.41) is 7.12. The average Bonchev–Trinajstić information content (AvgIpc) is 3.07. The summed E-state index contributed by atoms with van der Waals surface area (Å²) in [5.74, 6) is -2.76. The fraction of sp³-hybridized carbons (Fsp3) is 0.632. The Balaban J connectivity index is 0.000000370. The number of aliphatic carboxylic acids is 1. The number of carboxylic acid groups (broad SMARTS) is 1. The van der Waals surface area contributed by atoms with Gasteiger partial charge in [-0.1, -0.05) is 6.07 Å². The third kappa shape index (κ3) is 6.59. The van der Waals surface area contributed by atoms with Gasteiger partial charge in [-0.15, -0.1) is 0 Å². The molecule has 0 radical (unpaired) electrons. The highest BCUT2D eigenvalue weighted by atomic mass is 19.4. The van der Waals surface area contributed by atoms with E-state index in [0.717, 1.165) is 44.8 Å². The molecule has 1 aromatic heterocycles. The lowest BCUT2D eigenvalue weighted by Crippen LogP contribution is -2.43. The molecule has 3 rings (SSSR count). The second-order valence-corrected chi connectivity index (χ2v) is 7.75. The number of hydrogen-bond acceptors (Lipinski definition) is 4. The van der Waals surface area contributed by atoms with Gasteiger partial charge in [0.2, 0.25) is 0 Å². The molecule has 0 aliphatic carbocycles. The zero-order chi connectivity index (χ0) is 21.7. The van der Waals surface area contributed by atoms with Crippen molar-refractivity contribution < 1.29 is 27.9 Å². The van der Waals surface area contributed by atoms with Crippen LogP contribution in [0.4, 0.5) is 18.0 Å². The number of halogens is 3. The van der Waals surface area contributed by atoms with Gasteiger partial charge in [0.15, 0.2) is 0 Å². The summed E-state index contributed by atoms with van der Waals surface area (Å²) < 4.78 is 31.7. The summed E-state index contributed by atoms with van der Waals surface area (Å²) in [7, 11) is 3.67. The fourth-order valence-corrected chi connectivity index (χ4v) is 3.70. The number of aromatic nitrogens is 1. The van der Waals surface area contributed by atoms with E-state index in [1.807, 2.05) is 31.3 Å². The number of piperidine rings is 1. The average molecular weight is 416 g/mol. The first kappa shape index (κ1) is 22.9. The van der Waals surface area contributed by atoms with E-state index in [1.54, 1.807) is 4.90 Å². The van der Waals surface area contributed by atoms with E-state index >= 15 is 0 Å². The van der Waals surface area contributed by atoms with E-state index < -0.39 is 12.1 Å². The molecule has 0 saturated carbocycles. The highest BCUT2D eigenvalue weighted by Gasteiger charge is 2.42. The number of likely N-dealkylation sites (tertiary alicyclic amines) is 2. The van der Waals surface area contributed by atoms with Crippen molar-refractivity contribution in [3.05, 3.63) is 30.1 Å². The van der Waals surface area contributed by atoms with Gasteiger partial charge >= 0.3 is 18.2 Å². The number of urea groups is 1. The zero-order valence-electron chi connectivity index (χ0n) is 16.7. The molecule has 0 atom stereocenters. The van der Waals surface area contributed by atoms with Crippen molar-refractivity contribution in [2.24, 2.45) is 5.41 Å². The Bertz CT molecular complexity index is 690. The molecule has 0 aromatic carbocycles. The van der Waals surface area contributed by atoms with E-state index in [1.165, 1.54) is 12.8 Å². The van der Waals surface area contributed by atoms with E-state index in [-0.39, 0.29) is 6.03 Å². The highest BCUT2D eigenvalue weighted by Crippen LogP contribution is 2.40. The number of carbonyl (C=O) groups is 2. The number of nitrogens with zero attached hydrogens (tertiary/aromatic N) is 4. The monoisotopic (exact) mass is 416 g/mol. The molecule has 3 heterocycles. The molecule has 2 fully saturated rings. The minimum atomic E-state index is -5.08. The van der Waals surface area contributed by atoms with Gasteiger partial charge in [0.1, 0.15) is 0 Å². The van der Waals surface area contributed by atoms with Crippen molar-refractivity contribution in [2.75, 3.05) is 40.3 Å². The summed E-state index contributed by atoms with van der Waals surface area (Å²) in [6.45, 7) is 5.01. The number of carbonyl (C=O) groups excluding carboxylic acids is 1. The van der Waals surface area contributed by atoms with Crippen molar-refractivity contribution in [1.29, 1.82) is 0 Å². The standard InChI is InChI=1S/C17H26N4O.C2HF3O2/c1-19(2)16(22)21-12-8-17(14-21)6-10-20(11-7-17)13-15-5-3-4-9-18-15;3-2(4,5)1(6)7/h3-5,9H,6-8,10-14H2,1-2H3;(H,6,7). The van der Waals surface area contributed by atoms with Crippen LogP contribution in [0.3, 0.4) is 0 Å². The third-order valence-corrected chi connectivity index (χ3v) is 5.36. The van der Waals surface area contributed by atoms with Crippen molar-refractivity contribution in [2.45, 2.75) is 32.0 Å². The number of alkyl halides is 3. The molecule has 162 valence electrons. The number of rotatable bonds is 2. The van der Waals surface area contributed by atoms with Gasteiger partial charge in [-0.05, 0) is 49.9 Å². The van der Waals surface area contributed by atoms with Crippen LogP contribution in [0.25, 0.3) is 0 Å². The first-order valence-electron chi connectivity index (χ1n) is 9.41. The second-order valence-electron chi connectivity index (χ2n) is 7.75. The lowest BCUT2D eigenvalue weighted by molar-refractivity contribution is -0.192. The molecule has 1 N–H and O–H groups in total. The SMILES string of the molecule is CN(C)C(=O)N1CCC2(CCN(Cc3ccccn3)CC2)C1.O=C(O)C(F)(F)F. The third-order valence-electron chi connectivity index (χ3n) is 5.36. The smallest absolute Gasteiger partial charge is 0.475 e. The maximum atomic E-state index is 12.1. The van der Waals surface area contributed by atoms with E-state index in [9.17, 15) is 18.0 Å². The predicted octanol–water partition coefficient (Wildman–Crippen LogP) is 2.68. The first-order valence-corrected chi connectivity index (χ1v) is 9.41. The van der Waals surface area contributed by atoms with Gasteiger partial charge in [-0.25, -0.2) is 9.59 Å². The van der Waals surface area contributed by atoms with Crippen LogP contribution in [-0.4, -0.2) is 83.2 Å². The maximum absolute atomic E-state index is 12.1. The van der Waals surface area contributed by atoms with Crippen LogP contribution in [-0.2, 0) is 11.3 Å². The number of pyridine rings is 1. The predicted molar refractivity (Wildman–Crippen MR) is 100 cm³/mol. The first-order chi connectivity index (χ1) is 13.5. The Morgan fingerprint density at radius 1 is 1.17 bits per heavy atom. The van der Waals surface area contributed by atoms with Crippen LogP contribution < -0.4 is 0 Å². The largest absolute Gasteiger partial charge is 0.490 e. The molecule has 2 aliphatic heterocycles. The molecule has 7 nitrogen and oxygen atoms in total. The normalized spacial score (nSPS) is 18.9. The van der Waals surface area contributed by atoms with Gasteiger partial charge in [0.05, 0.1) is 5.69 Å².